The zero-order valence-corrected chi connectivity index (χ0v) is 13.5. The minimum absolute atomic E-state index is 0.0745. The molecule has 0 saturated heterocycles. The number of guanidine groups is 1. The van der Waals surface area contributed by atoms with Gasteiger partial charge in [0.25, 0.3) is 5.91 Å². The van der Waals surface area contributed by atoms with Gasteiger partial charge in [-0.2, -0.15) is 5.26 Å². The van der Waals surface area contributed by atoms with E-state index < -0.39 is 23.8 Å². The van der Waals surface area contributed by atoms with Crippen LogP contribution in [0.5, 0.6) is 0 Å². The van der Waals surface area contributed by atoms with Gasteiger partial charge in [0, 0.05) is 35.5 Å². The summed E-state index contributed by atoms with van der Waals surface area (Å²) in [6.07, 6.45) is 4.14. The fourth-order valence-corrected chi connectivity index (χ4v) is 2.91. The number of aliphatic carboxylic acids is 1. The number of nitrogens with zero attached hydrogens (tertiary/aromatic N) is 3. The lowest BCUT2D eigenvalue weighted by Crippen LogP contribution is -2.45. The number of carboxylic acid groups (broad SMARTS) is 1. The quantitative estimate of drug-likeness (QED) is 0.574. The topological polar surface area (TPSA) is 124 Å². The molecular formula is C17H16N5O3-. The van der Waals surface area contributed by atoms with Crippen molar-refractivity contribution >= 4 is 28.7 Å². The standard InChI is InChI=1S/C17H17N5O3/c1-10(16(24)25)14-15(23)22(17(21-14)20-9-18)7-6-11-8-19-13-5-3-2-4-12(11)13/h2-5,8,10,14,19H,6-7H2,1H3,(H,20,21)(H,24,25)/p-1. The van der Waals surface area contributed by atoms with E-state index in [2.05, 4.69) is 15.3 Å². The van der Waals surface area contributed by atoms with E-state index in [0.717, 1.165) is 16.5 Å². The number of carboxylic acids is 1. The highest BCUT2D eigenvalue weighted by atomic mass is 16.4. The molecule has 0 spiro atoms. The molecule has 2 aromatic rings. The fourth-order valence-electron chi connectivity index (χ4n) is 2.91. The Morgan fingerprint density at radius 2 is 2.28 bits per heavy atom. The predicted octanol–water partition coefficient (Wildman–Crippen LogP) is -0.266. The summed E-state index contributed by atoms with van der Waals surface area (Å²) in [7, 11) is 0. The van der Waals surface area contributed by atoms with Crippen LogP contribution in [0.25, 0.3) is 10.9 Å². The number of H-pyrrole nitrogens is 1. The highest BCUT2D eigenvalue weighted by Gasteiger charge is 2.38. The van der Waals surface area contributed by atoms with Gasteiger partial charge in [-0.1, -0.05) is 25.1 Å². The van der Waals surface area contributed by atoms with Gasteiger partial charge in [-0.3, -0.25) is 15.0 Å². The normalized spacial score (nSPS) is 18.1. The molecule has 2 heterocycles. The summed E-state index contributed by atoms with van der Waals surface area (Å²) in [5.74, 6) is -2.79. The number of benzene rings is 1. The maximum Gasteiger partial charge on any atom is 0.254 e. The number of para-hydroxylation sites is 1. The monoisotopic (exact) mass is 338 g/mol. The molecule has 8 heteroatoms. The average Bonchev–Trinajstić information content (AvgIpc) is 3.14. The molecule has 1 aromatic heterocycles. The van der Waals surface area contributed by atoms with E-state index in [1.54, 1.807) is 6.19 Å². The van der Waals surface area contributed by atoms with Gasteiger partial charge < -0.3 is 14.9 Å². The summed E-state index contributed by atoms with van der Waals surface area (Å²) in [5, 5.41) is 23.3. The molecule has 0 aliphatic carbocycles. The summed E-state index contributed by atoms with van der Waals surface area (Å²) in [6, 6.07) is 6.73. The lowest BCUT2D eigenvalue weighted by Gasteiger charge is -2.20. The Morgan fingerprint density at radius 3 is 3.00 bits per heavy atom. The van der Waals surface area contributed by atoms with Gasteiger partial charge >= 0.3 is 0 Å². The third kappa shape index (κ3) is 3.04. The minimum atomic E-state index is -1.35. The first-order chi connectivity index (χ1) is 12.0. The number of hydrogen-bond donors (Lipinski definition) is 2. The third-order valence-corrected chi connectivity index (χ3v) is 4.33. The van der Waals surface area contributed by atoms with Crippen LogP contribution in [-0.2, 0) is 16.0 Å². The number of aromatic amines is 1. The Hall–Kier alpha value is -3.34. The van der Waals surface area contributed by atoms with E-state index in [1.807, 2.05) is 30.5 Å². The molecule has 2 N–H and O–H groups in total. The number of carbonyl (C=O) groups excluding carboxylic acids is 2. The van der Waals surface area contributed by atoms with Crippen molar-refractivity contribution in [3.8, 4) is 6.19 Å². The number of hydrogen-bond acceptors (Lipinski definition) is 6. The molecule has 25 heavy (non-hydrogen) atoms. The lowest BCUT2D eigenvalue weighted by atomic mass is 10.0. The maximum atomic E-state index is 12.5. The number of rotatable bonds is 5. The molecule has 1 aliphatic heterocycles. The molecule has 3 rings (SSSR count). The molecule has 2 unspecified atom stereocenters. The molecule has 1 amide bonds. The van der Waals surface area contributed by atoms with Crippen molar-refractivity contribution < 1.29 is 14.7 Å². The first-order valence-corrected chi connectivity index (χ1v) is 7.83. The molecule has 1 aliphatic rings. The van der Waals surface area contributed by atoms with Crippen molar-refractivity contribution in [2.45, 2.75) is 19.4 Å². The van der Waals surface area contributed by atoms with Crippen LogP contribution in [0.3, 0.4) is 0 Å². The molecule has 0 radical (unpaired) electrons. The Labute approximate surface area is 143 Å². The van der Waals surface area contributed by atoms with Gasteiger partial charge in [0.2, 0.25) is 5.96 Å². The second kappa shape index (κ2) is 6.65. The molecule has 8 nitrogen and oxygen atoms in total. The highest BCUT2D eigenvalue weighted by Crippen LogP contribution is 2.21. The number of aromatic nitrogens is 1. The fraction of sp³-hybridized carbons (Fsp3) is 0.294. The summed E-state index contributed by atoms with van der Waals surface area (Å²) >= 11 is 0. The predicted molar refractivity (Wildman–Crippen MR) is 87.9 cm³/mol. The zero-order chi connectivity index (χ0) is 18.0. The van der Waals surface area contributed by atoms with E-state index in [1.165, 1.54) is 11.8 Å². The molecule has 128 valence electrons. The Morgan fingerprint density at radius 1 is 1.52 bits per heavy atom. The van der Waals surface area contributed by atoms with Crippen molar-refractivity contribution in [2.75, 3.05) is 6.54 Å². The maximum absolute atomic E-state index is 12.5. The zero-order valence-electron chi connectivity index (χ0n) is 13.5. The molecule has 0 saturated carbocycles. The van der Waals surface area contributed by atoms with Gasteiger partial charge in [-0.05, 0) is 18.1 Å². The van der Waals surface area contributed by atoms with Gasteiger partial charge in [0.15, 0.2) is 6.19 Å². The van der Waals surface area contributed by atoms with E-state index in [-0.39, 0.29) is 12.5 Å². The number of nitriles is 1. The van der Waals surface area contributed by atoms with E-state index in [9.17, 15) is 14.7 Å². The second-order valence-corrected chi connectivity index (χ2v) is 5.84. The second-order valence-electron chi connectivity index (χ2n) is 5.84. The number of carbonyl (C=O) groups is 2. The third-order valence-electron chi connectivity index (χ3n) is 4.33. The number of fused-ring (bicyclic) bond motifs is 1. The van der Waals surface area contributed by atoms with Gasteiger partial charge in [-0.15, -0.1) is 0 Å². The van der Waals surface area contributed by atoms with Crippen molar-refractivity contribution in [1.29, 1.82) is 5.26 Å². The Bertz CT molecular complexity index is 895. The van der Waals surface area contributed by atoms with Gasteiger partial charge in [0.05, 0.1) is 0 Å². The van der Waals surface area contributed by atoms with Crippen molar-refractivity contribution in [3.63, 3.8) is 0 Å². The molecule has 0 bridgehead atoms. The van der Waals surface area contributed by atoms with E-state index in [0.29, 0.717) is 6.42 Å². The first kappa shape index (κ1) is 16.5. The Balaban J connectivity index is 1.79. The number of nitrogens with one attached hydrogen (secondary N) is 2. The van der Waals surface area contributed by atoms with Crippen molar-refractivity contribution in [3.05, 3.63) is 36.0 Å². The van der Waals surface area contributed by atoms with Gasteiger partial charge in [-0.25, -0.2) is 4.99 Å². The molecule has 1 aromatic carbocycles. The van der Waals surface area contributed by atoms with Crippen LogP contribution in [0.1, 0.15) is 12.5 Å². The summed E-state index contributed by atoms with van der Waals surface area (Å²) in [6.45, 7) is 1.65. The van der Waals surface area contributed by atoms with Crippen LogP contribution >= 0.6 is 0 Å². The van der Waals surface area contributed by atoms with Crippen LogP contribution in [-0.4, -0.2) is 40.3 Å². The lowest BCUT2D eigenvalue weighted by molar-refractivity contribution is -0.311. The van der Waals surface area contributed by atoms with Crippen LogP contribution in [0, 0.1) is 17.4 Å². The average molecular weight is 338 g/mol. The van der Waals surface area contributed by atoms with Crippen LogP contribution in [0.4, 0.5) is 0 Å². The summed E-state index contributed by atoms with van der Waals surface area (Å²) < 4.78 is 0. The molecule has 2 atom stereocenters. The molecular weight excluding hydrogens is 322 g/mol. The van der Waals surface area contributed by atoms with Gasteiger partial charge in [0.1, 0.15) is 6.04 Å². The number of amides is 1. The van der Waals surface area contributed by atoms with Crippen molar-refractivity contribution in [2.24, 2.45) is 10.9 Å². The van der Waals surface area contributed by atoms with Crippen LogP contribution < -0.4 is 10.4 Å². The van der Waals surface area contributed by atoms with E-state index in [4.69, 9.17) is 5.26 Å². The van der Waals surface area contributed by atoms with Crippen LogP contribution in [0.2, 0.25) is 0 Å². The van der Waals surface area contributed by atoms with Crippen molar-refractivity contribution in [1.82, 2.24) is 15.2 Å². The van der Waals surface area contributed by atoms with Crippen LogP contribution in [0.15, 0.2) is 35.5 Å². The van der Waals surface area contributed by atoms with E-state index >= 15 is 0 Å². The summed E-state index contributed by atoms with van der Waals surface area (Å²) in [5.41, 5.74) is 2.02. The molecule has 0 fully saturated rings. The largest absolute Gasteiger partial charge is 0.550 e. The Kier molecular flexibility index (Phi) is 4.39. The first-order valence-electron chi connectivity index (χ1n) is 7.83. The summed E-state index contributed by atoms with van der Waals surface area (Å²) in [4.78, 5) is 32.1. The SMILES string of the molecule is CC(C(=O)[O-])C1N=C(NC#N)N(CCc2c[nH]c3ccccc23)C1=O. The number of aliphatic imine (C=N–C) groups is 1. The smallest absolute Gasteiger partial charge is 0.254 e. The highest BCUT2D eigenvalue weighted by molar-refractivity contribution is 6.06. The minimum Gasteiger partial charge on any atom is -0.550 e.